The first kappa shape index (κ1) is 17.3. The number of rotatable bonds is 4. The molecule has 0 aliphatic carbocycles. The van der Waals surface area contributed by atoms with Crippen LogP contribution in [0, 0.1) is 0 Å². The van der Waals surface area contributed by atoms with Crippen molar-refractivity contribution >= 4 is 17.5 Å². The summed E-state index contributed by atoms with van der Waals surface area (Å²) in [6.07, 6.45) is 1.44. The van der Waals surface area contributed by atoms with Gasteiger partial charge >= 0.3 is 0 Å². The fraction of sp³-hybridized carbons (Fsp3) is 0.235. The minimum atomic E-state index is -0.458. The molecule has 1 heterocycles. The molecule has 0 unspecified atom stereocenters. The van der Waals surface area contributed by atoms with Crippen molar-refractivity contribution in [2.24, 2.45) is 7.05 Å². The lowest BCUT2D eigenvalue weighted by Crippen LogP contribution is -2.28. The van der Waals surface area contributed by atoms with Crippen molar-refractivity contribution in [1.82, 2.24) is 9.47 Å². The van der Waals surface area contributed by atoms with Crippen LogP contribution in [0.1, 0.15) is 20.7 Å². The molecule has 7 nitrogen and oxygen atoms in total. The fourth-order valence-electron chi connectivity index (χ4n) is 2.14. The van der Waals surface area contributed by atoms with Crippen LogP contribution in [-0.2, 0) is 7.05 Å². The van der Waals surface area contributed by atoms with Gasteiger partial charge in [-0.2, -0.15) is 0 Å². The number of benzene rings is 1. The second kappa shape index (κ2) is 6.99. The summed E-state index contributed by atoms with van der Waals surface area (Å²) < 4.78 is 6.34. The third-order valence-corrected chi connectivity index (χ3v) is 3.42. The number of hydrogen-bond donors (Lipinski definition) is 1. The maximum absolute atomic E-state index is 12.4. The van der Waals surface area contributed by atoms with E-state index >= 15 is 0 Å². The molecule has 2 amide bonds. The van der Waals surface area contributed by atoms with E-state index < -0.39 is 11.5 Å². The predicted octanol–water partition coefficient (Wildman–Crippen LogP) is 1.35. The smallest absolute Gasteiger partial charge is 0.274 e. The highest BCUT2D eigenvalue weighted by atomic mass is 16.5. The Labute approximate surface area is 139 Å². The number of nitrogens with one attached hydrogen (secondary N) is 1. The van der Waals surface area contributed by atoms with Crippen LogP contribution in [-0.4, -0.2) is 42.5 Å². The van der Waals surface area contributed by atoms with E-state index in [1.54, 1.807) is 38.4 Å². The monoisotopic (exact) mass is 329 g/mol. The highest BCUT2D eigenvalue weighted by Crippen LogP contribution is 2.14. The largest absolute Gasteiger partial charge is 0.497 e. The molecule has 0 radical (unpaired) electrons. The Hall–Kier alpha value is -3.09. The van der Waals surface area contributed by atoms with Gasteiger partial charge in [-0.25, -0.2) is 0 Å². The molecule has 24 heavy (non-hydrogen) atoms. The van der Waals surface area contributed by atoms with E-state index in [0.717, 1.165) is 0 Å². The zero-order valence-corrected chi connectivity index (χ0v) is 14.0. The second-order valence-corrected chi connectivity index (χ2v) is 5.44. The third-order valence-electron chi connectivity index (χ3n) is 3.42. The van der Waals surface area contributed by atoms with Crippen molar-refractivity contribution in [1.29, 1.82) is 0 Å². The molecular formula is C17H19N3O4. The third kappa shape index (κ3) is 3.62. The topological polar surface area (TPSA) is 80.6 Å². The van der Waals surface area contributed by atoms with Crippen LogP contribution >= 0.6 is 0 Å². The summed E-state index contributed by atoms with van der Waals surface area (Å²) in [7, 11) is 6.25. The van der Waals surface area contributed by atoms with Gasteiger partial charge in [0.2, 0.25) is 0 Å². The van der Waals surface area contributed by atoms with E-state index in [9.17, 15) is 14.4 Å². The number of amides is 2. The molecule has 1 N–H and O–H groups in total. The molecule has 0 aliphatic heterocycles. The first-order valence-corrected chi connectivity index (χ1v) is 7.21. The molecule has 2 rings (SSSR count). The average Bonchev–Trinajstić information content (AvgIpc) is 2.57. The number of ether oxygens (including phenoxy) is 1. The normalized spacial score (nSPS) is 10.2. The van der Waals surface area contributed by atoms with E-state index in [0.29, 0.717) is 16.9 Å². The van der Waals surface area contributed by atoms with Crippen molar-refractivity contribution in [3.05, 3.63) is 58.0 Å². The van der Waals surface area contributed by atoms with E-state index in [1.807, 2.05) is 0 Å². The zero-order chi connectivity index (χ0) is 17.9. The van der Waals surface area contributed by atoms with Gasteiger partial charge in [-0.1, -0.05) is 6.07 Å². The number of aryl methyl sites for hydroxylation is 1. The molecule has 0 atom stereocenters. The molecule has 1 aromatic heterocycles. The maximum Gasteiger partial charge on any atom is 0.274 e. The molecule has 1 aromatic carbocycles. The molecule has 2 aromatic rings. The van der Waals surface area contributed by atoms with E-state index in [2.05, 4.69) is 5.32 Å². The Morgan fingerprint density at radius 1 is 1.17 bits per heavy atom. The quantitative estimate of drug-likeness (QED) is 0.918. The molecule has 0 spiro atoms. The van der Waals surface area contributed by atoms with Crippen LogP contribution in [0.25, 0.3) is 0 Å². The van der Waals surface area contributed by atoms with Crippen LogP contribution < -0.4 is 15.6 Å². The first-order chi connectivity index (χ1) is 11.3. The van der Waals surface area contributed by atoms with Gasteiger partial charge in [0.15, 0.2) is 0 Å². The SMILES string of the molecule is COc1cccc(C(=O)Nc2cc(C(=O)N(C)C)cn(C)c2=O)c1. The maximum atomic E-state index is 12.4. The van der Waals surface area contributed by atoms with E-state index in [-0.39, 0.29) is 11.6 Å². The predicted molar refractivity (Wildman–Crippen MR) is 90.6 cm³/mol. The Bertz CT molecular complexity index is 840. The number of carbonyl (C=O) groups is 2. The Morgan fingerprint density at radius 2 is 1.88 bits per heavy atom. The molecule has 7 heteroatoms. The number of anilines is 1. The molecule has 0 aliphatic rings. The minimum absolute atomic E-state index is 0.0398. The van der Waals surface area contributed by atoms with Gasteiger partial charge in [0.25, 0.3) is 17.4 Å². The summed E-state index contributed by atoms with van der Waals surface area (Å²) in [6.45, 7) is 0. The van der Waals surface area contributed by atoms with Crippen molar-refractivity contribution in [3.63, 3.8) is 0 Å². The van der Waals surface area contributed by atoms with Gasteiger partial charge < -0.3 is 19.5 Å². The van der Waals surface area contributed by atoms with Crippen LogP contribution in [0.5, 0.6) is 5.75 Å². The number of carbonyl (C=O) groups excluding carboxylic acids is 2. The number of hydrogen-bond acceptors (Lipinski definition) is 4. The summed E-state index contributed by atoms with van der Waals surface area (Å²) in [5.74, 6) is -0.185. The van der Waals surface area contributed by atoms with Crippen molar-refractivity contribution in [2.75, 3.05) is 26.5 Å². The first-order valence-electron chi connectivity index (χ1n) is 7.21. The second-order valence-electron chi connectivity index (χ2n) is 5.44. The Kier molecular flexibility index (Phi) is 5.03. The molecule has 126 valence electrons. The molecule has 0 saturated heterocycles. The van der Waals surface area contributed by atoms with Crippen molar-refractivity contribution in [2.45, 2.75) is 0 Å². The van der Waals surface area contributed by atoms with Crippen molar-refractivity contribution in [3.8, 4) is 5.75 Å². The van der Waals surface area contributed by atoms with Gasteiger partial charge in [0, 0.05) is 32.9 Å². The lowest BCUT2D eigenvalue weighted by atomic mass is 10.2. The van der Waals surface area contributed by atoms with Gasteiger partial charge in [-0.15, -0.1) is 0 Å². The highest BCUT2D eigenvalue weighted by molar-refractivity contribution is 6.05. The summed E-state index contributed by atoms with van der Waals surface area (Å²) in [5, 5.41) is 2.55. The standard InChI is InChI=1S/C17H19N3O4/c1-19(2)16(22)12-9-14(17(23)20(3)10-12)18-15(21)11-6-5-7-13(8-11)24-4/h5-10H,1-4H3,(H,18,21). The van der Waals surface area contributed by atoms with E-state index in [1.165, 1.54) is 35.9 Å². The summed E-state index contributed by atoms with van der Waals surface area (Å²) in [5.41, 5.74) is 0.295. The van der Waals surface area contributed by atoms with Gasteiger partial charge in [-0.3, -0.25) is 14.4 Å². The zero-order valence-electron chi connectivity index (χ0n) is 14.0. The molecule has 0 saturated carbocycles. The summed E-state index contributed by atoms with van der Waals surface area (Å²) in [6, 6.07) is 7.94. The van der Waals surface area contributed by atoms with E-state index in [4.69, 9.17) is 4.74 Å². The number of methoxy groups -OCH3 is 1. The molecule has 0 fully saturated rings. The Balaban J connectivity index is 2.36. The lowest BCUT2D eigenvalue weighted by Gasteiger charge is -2.13. The highest BCUT2D eigenvalue weighted by Gasteiger charge is 2.15. The average molecular weight is 329 g/mol. The summed E-state index contributed by atoms with van der Waals surface area (Å²) >= 11 is 0. The van der Waals surface area contributed by atoms with Gasteiger partial charge in [0.1, 0.15) is 11.4 Å². The van der Waals surface area contributed by atoms with Crippen LogP contribution in [0.15, 0.2) is 41.3 Å². The van der Waals surface area contributed by atoms with Crippen LogP contribution in [0.4, 0.5) is 5.69 Å². The number of pyridine rings is 1. The minimum Gasteiger partial charge on any atom is -0.497 e. The summed E-state index contributed by atoms with van der Waals surface area (Å²) in [4.78, 5) is 38.0. The fourth-order valence-corrected chi connectivity index (χ4v) is 2.14. The van der Waals surface area contributed by atoms with Crippen LogP contribution in [0.2, 0.25) is 0 Å². The molecule has 0 bridgehead atoms. The lowest BCUT2D eigenvalue weighted by molar-refractivity contribution is 0.0826. The van der Waals surface area contributed by atoms with Gasteiger partial charge in [0.05, 0.1) is 12.7 Å². The van der Waals surface area contributed by atoms with Gasteiger partial charge in [-0.05, 0) is 24.3 Å². The molecular weight excluding hydrogens is 310 g/mol. The number of nitrogens with zero attached hydrogens (tertiary/aromatic N) is 2. The Morgan fingerprint density at radius 3 is 2.50 bits per heavy atom. The number of aromatic nitrogens is 1. The van der Waals surface area contributed by atoms with Crippen LogP contribution in [0.3, 0.4) is 0 Å². The van der Waals surface area contributed by atoms with Crippen molar-refractivity contribution < 1.29 is 14.3 Å².